The first-order valence-electron chi connectivity index (χ1n) is 5.69. The molecular weight excluding hydrogens is 280 g/mol. The maximum Gasteiger partial charge on any atom is 0.296 e. The van der Waals surface area contributed by atoms with Crippen molar-refractivity contribution in [2.45, 2.75) is 4.90 Å². The highest BCUT2D eigenvalue weighted by molar-refractivity contribution is 7.86. The fourth-order valence-electron chi connectivity index (χ4n) is 1.90. The normalized spacial score (nSPS) is 11.7. The van der Waals surface area contributed by atoms with Gasteiger partial charge in [0.15, 0.2) is 0 Å². The van der Waals surface area contributed by atoms with E-state index in [1.54, 1.807) is 24.3 Å². The molecule has 0 atom stereocenters. The molecule has 3 N–H and O–H groups in total. The average molecular weight is 290 g/mol. The third-order valence-corrected chi connectivity index (χ3v) is 3.68. The number of hydrogen-bond acceptors (Lipinski definition) is 5. The second-order valence-corrected chi connectivity index (χ2v) is 5.50. The van der Waals surface area contributed by atoms with E-state index in [4.69, 9.17) is 0 Å². The number of hydrogen-bond donors (Lipinski definition) is 3. The molecule has 0 spiro atoms. The molecule has 0 saturated carbocycles. The summed E-state index contributed by atoms with van der Waals surface area (Å²) in [5, 5.41) is 13.1. The van der Waals surface area contributed by atoms with E-state index in [-0.39, 0.29) is 10.6 Å². The smallest absolute Gasteiger partial charge is 0.296 e. The molecule has 8 heteroatoms. The first-order chi connectivity index (χ1) is 9.55. The van der Waals surface area contributed by atoms with Crippen molar-refractivity contribution in [3.05, 3.63) is 42.5 Å². The van der Waals surface area contributed by atoms with Crippen LogP contribution in [0.15, 0.2) is 47.4 Å². The molecule has 3 rings (SSSR count). The molecular formula is C12H10N4O3S. The van der Waals surface area contributed by atoms with Gasteiger partial charge in [-0.15, -0.1) is 5.10 Å². The number of rotatable bonds is 3. The van der Waals surface area contributed by atoms with Crippen LogP contribution in [-0.4, -0.2) is 28.4 Å². The summed E-state index contributed by atoms with van der Waals surface area (Å²) in [6.07, 6.45) is 0. The zero-order valence-corrected chi connectivity index (χ0v) is 10.9. The van der Waals surface area contributed by atoms with Gasteiger partial charge in [-0.2, -0.15) is 8.42 Å². The number of fused-ring (bicyclic) bond motifs is 1. The van der Waals surface area contributed by atoms with E-state index < -0.39 is 10.1 Å². The van der Waals surface area contributed by atoms with Crippen LogP contribution in [0.25, 0.3) is 11.0 Å². The van der Waals surface area contributed by atoms with E-state index in [1.165, 1.54) is 12.1 Å². The molecule has 20 heavy (non-hydrogen) atoms. The minimum Gasteiger partial charge on any atom is -0.352 e. The summed E-state index contributed by atoms with van der Waals surface area (Å²) >= 11 is 0. The first kappa shape index (κ1) is 12.6. The molecule has 3 aromatic rings. The van der Waals surface area contributed by atoms with E-state index >= 15 is 0 Å². The minimum atomic E-state index is -4.37. The number of aromatic nitrogens is 3. The van der Waals surface area contributed by atoms with Crippen LogP contribution in [0.4, 0.5) is 11.4 Å². The van der Waals surface area contributed by atoms with Crippen molar-refractivity contribution in [2.24, 2.45) is 0 Å². The van der Waals surface area contributed by atoms with Crippen molar-refractivity contribution in [1.29, 1.82) is 0 Å². The van der Waals surface area contributed by atoms with Crippen molar-refractivity contribution in [3.63, 3.8) is 0 Å². The number of para-hydroxylation sites is 1. The summed E-state index contributed by atoms with van der Waals surface area (Å²) in [6, 6.07) is 11.8. The number of nitrogens with zero attached hydrogens (tertiary/aromatic N) is 2. The van der Waals surface area contributed by atoms with Gasteiger partial charge < -0.3 is 5.32 Å². The van der Waals surface area contributed by atoms with Gasteiger partial charge in [0.2, 0.25) is 0 Å². The number of aromatic amines is 1. The van der Waals surface area contributed by atoms with Crippen LogP contribution in [0.3, 0.4) is 0 Å². The lowest BCUT2D eigenvalue weighted by molar-refractivity contribution is 0.483. The fourth-order valence-corrected chi connectivity index (χ4v) is 2.54. The molecule has 7 nitrogen and oxygen atoms in total. The van der Waals surface area contributed by atoms with Crippen molar-refractivity contribution < 1.29 is 13.0 Å². The van der Waals surface area contributed by atoms with E-state index in [0.29, 0.717) is 16.7 Å². The van der Waals surface area contributed by atoms with Crippen LogP contribution in [0.1, 0.15) is 0 Å². The highest BCUT2D eigenvalue weighted by Crippen LogP contribution is 2.30. The molecule has 1 aromatic heterocycles. The average Bonchev–Trinajstić information content (AvgIpc) is 2.87. The summed E-state index contributed by atoms with van der Waals surface area (Å²) < 4.78 is 32.3. The summed E-state index contributed by atoms with van der Waals surface area (Å²) in [6.45, 7) is 0. The lowest BCUT2D eigenvalue weighted by Gasteiger charge is -2.10. The zero-order valence-electron chi connectivity index (χ0n) is 10.1. The van der Waals surface area contributed by atoms with E-state index in [2.05, 4.69) is 20.7 Å². The summed E-state index contributed by atoms with van der Waals surface area (Å²) in [5.41, 5.74) is 1.76. The number of nitrogens with one attached hydrogen (secondary N) is 2. The van der Waals surface area contributed by atoms with Crippen LogP contribution in [0.5, 0.6) is 0 Å². The number of H-pyrrole nitrogens is 1. The Kier molecular flexibility index (Phi) is 2.88. The molecule has 0 fully saturated rings. The Labute approximate surface area is 114 Å². The molecule has 0 aliphatic heterocycles. The van der Waals surface area contributed by atoms with Crippen LogP contribution < -0.4 is 5.32 Å². The Bertz CT molecular complexity index is 859. The van der Waals surface area contributed by atoms with Gasteiger partial charge in [-0.3, -0.25) is 9.65 Å². The van der Waals surface area contributed by atoms with Crippen molar-refractivity contribution in [3.8, 4) is 0 Å². The molecule has 0 aliphatic carbocycles. The van der Waals surface area contributed by atoms with Gasteiger partial charge in [0.1, 0.15) is 10.4 Å². The third-order valence-electron chi connectivity index (χ3n) is 2.78. The lowest BCUT2D eigenvalue weighted by Crippen LogP contribution is -2.04. The van der Waals surface area contributed by atoms with Crippen LogP contribution in [0.2, 0.25) is 0 Å². The van der Waals surface area contributed by atoms with Crippen molar-refractivity contribution >= 4 is 32.5 Å². The summed E-state index contributed by atoms with van der Waals surface area (Å²) in [5.74, 6) is 0. The Balaban J connectivity index is 2.23. The maximum atomic E-state index is 11.5. The Morgan fingerprint density at radius 3 is 2.55 bits per heavy atom. The van der Waals surface area contributed by atoms with Gasteiger partial charge in [-0.25, -0.2) is 0 Å². The van der Waals surface area contributed by atoms with E-state index in [9.17, 15) is 13.0 Å². The fraction of sp³-hybridized carbons (Fsp3) is 0. The van der Waals surface area contributed by atoms with Gasteiger partial charge in [0.25, 0.3) is 10.1 Å². The molecule has 102 valence electrons. The number of benzene rings is 2. The minimum absolute atomic E-state index is 0.185. The van der Waals surface area contributed by atoms with Crippen LogP contribution in [0, 0.1) is 0 Å². The molecule has 0 aliphatic rings. The Hall–Kier alpha value is -2.45. The largest absolute Gasteiger partial charge is 0.352 e. The highest BCUT2D eigenvalue weighted by Gasteiger charge is 2.20. The van der Waals surface area contributed by atoms with Gasteiger partial charge in [-0.1, -0.05) is 23.4 Å². The zero-order chi connectivity index (χ0) is 14.2. The van der Waals surface area contributed by atoms with Gasteiger partial charge in [0.05, 0.1) is 11.2 Å². The molecule has 0 unspecified atom stereocenters. The van der Waals surface area contributed by atoms with Crippen LogP contribution in [-0.2, 0) is 10.1 Å². The molecule has 2 aromatic carbocycles. The van der Waals surface area contributed by atoms with Crippen molar-refractivity contribution in [1.82, 2.24) is 15.4 Å². The monoisotopic (exact) mass is 290 g/mol. The summed E-state index contributed by atoms with van der Waals surface area (Å²) in [4.78, 5) is -0.247. The predicted octanol–water partition coefficient (Wildman–Crippen LogP) is 1.95. The maximum absolute atomic E-state index is 11.5. The molecule has 0 bridgehead atoms. The third kappa shape index (κ3) is 2.22. The number of anilines is 2. The second-order valence-electron chi connectivity index (χ2n) is 4.11. The topological polar surface area (TPSA) is 108 Å². The summed E-state index contributed by atoms with van der Waals surface area (Å²) in [7, 11) is -4.37. The second kappa shape index (κ2) is 4.58. The Morgan fingerprint density at radius 2 is 1.85 bits per heavy atom. The predicted molar refractivity (Wildman–Crippen MR) is 73.4 cm³/mol. The van der Waals surface area contributed by atoms with Crippen LogP contribution >= 0.6 is 0 Å². The lowest BCUT2D eigenvalue weighted by atomic mass is 10.2. The molecule has 0 saturated heterocycles. The van der Waals surface area contributed by atoms with Gasteiger partial charge in [-0.05, 0) is 24.3 Å². The molecule has 0 amide bonds. The highest BCUT2D eigenvalue weighted by atomic mass is 32.2. The van der Waals surface area contributed by atoms with E-state index in [1.807, 2.05) is 6.07 Å². The SMILES string of the molecule is O=S(=O)(O)c1ccc2[nH]nnc2c1Nc1ccccc1. The van der Waals surface area contributed by atoms with Gasteiger partial charge in [0, 0.05) is 5.69 Å². The van der Waals surface area contributed by atoms with Crippen molar-refractivity contribution in [2.75, 3.05) is 5.32 Å². The molecule has 1 heterocycles. The van der Waals surface area contributed by atoms with Gasteiger partial charge >= 0.3 is 0 Å². The molecule has 0 radical (unpaired) electrons. The first-order valence-corrected chi connectivity index (χ1v) is 7.13. The Morgan fingerprint density at radius 1 is 1.10 bits per heavy atom. The quantitative estimate of drug-likeness (QED) is 0.636. The van der Waals surface area contributed by atoms with E-state index in [0.717, 1.165) is 0 Å². The standard InChI is InChI=1S/C12H10N4O3S/c17-20(18,19)10-7-6-9-11(15-16-14-9)12(10)13-8-4-2-1-3-5-8/h1-7,13H,(H,14,15,16)(H,17,18,19).